The molecule has 0 fully saturated rings. The molecule has 0 spiro atoms. The summed E-state index contributed by atoms with van der Waals surface area (Å²) < 4.78 is 11.5. The molecule has 5 heteroatoms. The number of aliphatic hydroxyl groups is 4. The van der Waals surface area contributed by atoms with Gasteiger partial charge in [-0.05, 0) is 0 Å². The third kappa shape index (κ3) is 2.57. The molecule has 0 aromatic rings. The van der Waals surface area contributed by atoms with Gasteiger partial charge < -0.3 is 20.4 Å². The molecule has 0 aromatic carbocycles. The van der Waals surface area contributed by atoms with Gasteiger partial charge in [0.2, 0.25) is 0 Å². The van der Waals surface area contributed by atoms with Crippen LogP contribution in [0.25, 0.3) is 0 Å². The fourth-order valence-electron chi connectivity index (χ4n) is 0.456. The lowest BCUT2D eigenvalue weighted by Gasteiger charge is -2.18. The molecule has 10 heavy (non-hydrogen) atoms. The second-order valence-electron chi connectivity index (χ2n) is 1.96. The smallest absolute Gasteiger partial charge is 0.118 e. The summed E-state index contributed by atoms with van der Waals surface area (Å²) in [5.41, 5.74) is 0. The third-order valence-electron chi connectivity index (χ3n) is 1.13. The molecule has 4 N–H and O–H groups in total. The number of halogens is 1. The Morgan fingerprint density at radius 3 is 1.90 bits per heavy atom. The molecule has 62 valence electrons. The van der Waals surface area contributed by atoms with Crippen LogP contribution in [-0.2, 0) is 0 Å². The van der Waals surface area contributed by atoms with Crippen molar-refractivity contribution in [3.05, 3.63) is 0 Å². The van der Waals surface area contributed by atoms with Crippen molar-refractivity contribution in [3.63, 3.8) is 0 Å². The van der Waals surface area contributed by atoms with Crippen LogP contribution in [0.2, 0.25) is 0 Å². The normalized spacial score (nSPS) is 20.1. The molecule has 0 aliphatic carbocycles. The number of hydrogen-bond acceptors (Lipinski definition) is 4. The zero-order chi connectivity index (χ0) is 8.15. The van der Waals surface area contributed by atoms with Crippen LogP contribution in [0.1, 0.15) is 0 Å². The van der Waals surface area contributed by atoms with E-state index >= 15 is 0 Å². The van der Waals surface area contributed by atoms with Gasteiger partial charge in [0.25, 0.3) is 0 Å². The van der Waals surface area contributed by atoms with Crippen LogP contribution in [-0.4, -0.2) is 52.0 Å². The largest absolute Gasteiger partial charge is 0.394 e. The Hall–Kier alpha value is -0.230. The highest BCUT2D eigenvalue weighted by atomic mass is 19.1. The topological polar surface area (TPSA) is 80.9 Å². The fourth-order valence-corrected chi connectivity index (χ4v) is 0.456. The summed E-state index contributed by atoms with van der Waals surface area (Å²) in [6.45, 7) is -1.84. The second kappa shape index (κ2) is 4.56. The van der Waals surface area contributed by atoms with Crippen LogP contribution in [0.5, 0.6) is 0 Å². The monoisotopic (exact) mass is 154 g/mol. The fraction of sp³-hybridized carbons (Fsp3) is 1.00. The van der Waals surface area contributed by atoms with E-state index in [1.54, 1.807) is 0 Å². The van der Waals surface area contributed by atoms with Gasteiger partial charge in [-0.3, -0.25) is 0 Å². The van der Waals surface area contributed by atoms with E-state index in [9.17, 15) is 4.39 Å². The Kier molecular flexibility index (Phi) is 4.46. The molecule has 0 aromatic heterocycles. The Morgan fingerprint density at radius 1 is 1.10 bits per heavy atom. The zero-order valence-corrected chi connectivity index (χ0v) is 5.31. The summed E-state index contributed by atoms with van der Waals surface area (Å²) in [5.74, 6) is 0. The molecular formula is C5H11FO4. The van der Waals surface area contributed by atoms with Gasteiger partial charge in [0.15, 0.2) is 0 Å². The van der Waals surface area contributed by atoms with E-state index in [4.69, 9.17) is 20.4 Å². The summed E-state index contributed by atoms with van der Waals surface area (Å²) in [5, 5.41) is 34.0. The number of aliphatic hydroxyl groups excluding tert-OH is 4. The first kappa shape index (κ1) is 9.77. The maximum Gasteiger partial charge on any atom is 0.118 e. The number of hydrogen-bond donors (Lipinski definition) is 4. The summed E-state index contributed by atoms with van der Waals surface area (Å²) in [7, 11) is 0. The van der Waals surface area contributed by atoms with E-state index in [0.717, 1.165) is 0 Å². The molecule has 0 saturated heterocycles. The second-order valence-corrected chi connectivity index (χ2v) is 1.96. The first-order valence-corrected chi connectivity index (χ1v) is 2.84. The van der Waals surface area contributed by atoms with Gasteiger partial charge in [0, 0.05) is 0 Å². The molecule has 4 nitrogen and oxygen atoms in total. The Bertz CT molecular complexity index is 79.7. The molecule has 0 amide bonds. The van der Waals surface area contributed by atoms with Gasteiger partial charge >= 0.3 is 0 Å². The molecule has 0 unspecified atom stereocenters. The summed E-state index contributed by atoms with van der Waals surface area (Å²) >= 11 is 0. The lowest BCUT2D eigenvalue weighted by molar-refractivity contribution is -0.0817. The number of rotatable bonds is 4. The van der Waals surface area contributed by atoms with E-state index in [1.165, 1.54) is 0 Å². The summed E-state index contributed by atoms with van der Waals surface area (Å²) in [6, 6.07) is 0. The predicted molar refractivity (Wildman–Crippen MR) is 31.1 cm³/mol. The van der Waals surface area contributed by atoms with Crippen molar-refractivity contribution in [1.29, 1.82) is 0 Å². The lowest BCUT2D eigenvalue weighted by atomic mass is 10.1. The van der Waals surface area contributed by atoms with Crippen LogP contribution in [0.4, 0.5) is 4.39 Å². The Labute approximate surface area is 57.5 Å². The van der Waals surface area contributed by atoms with E-state index in [0.29, 0.717) is 0 Å². The van der Waals surface area contributed by atoms with Gasteiger partial charge in [0.05, 0.1) is 6.61 Å². The summed E-state index contributed by atoms with van der Waals surface area (Å²) in [4.78, 5) is 0. The molecule has 0 radical (unpaired) electrons. The molecule has 3 atom stereocenters. The lowest BCUT2D eigenvalue weighted by Crippen LogP contribution is -2.40. The van der Waals surface area contributed by atoms with Gasteiger partial charge in [-0.15, -0.1) is 0 Å². The molecule has 0 bridgehead atoms. The maximum atomic E-state index is 11.5. The first-order chi connectivity index (χ1) is 4.63. The van der Waals surface area contributed by atoms with Crippen LogP contribution >= 0.6 is 0 Å². The molecule has 0 aliphatic rings. The molecule has 0 saturated carbocycles. The van der Waals surface area contributed by atoms with Crippen molar-refractivity contribution in [2.45, 2.75) is 18.3 Å². The van der Waals surface area contributed by atoms with Crippen molar-refractivity contribution in [2.24, 2.45) is 0 Å². The van der Waals surface area contributed by atoms with E-state index < -0.39 is 31.6 Å². The van der Waals surface area contributed by atoms with Crippen molar-refractivity contribution < 1.29 is 24.8 Å². The third-order valence-corrected chi connectivity index (χ3v) is 1.13. The Morgan fingerprint density at radius 2 is 1.60 bits per heavy atom. The average molecular weight is 154 g/mol. The molecule has 0 aliphatic heterocycles. The van der Waals surface area contributed by atoms with Gasteiger partial charge in [-0.2, -0.15) is 0 Å². The van der Waals surface area contributed by atoms with Crippen molar-refractivity contribution in [1.82, 2.24) is 0 Å². The zero-order valence-electron chi connectivity index (χ0n) is 5.31. The minimum atomic E-state index is -1.62. The minimum Gasteiger partial charge on any atom is -0.394 e. The maximum absolute atomic E-state index is 11.5. The molecular weight excluding hydrogens is 143 g/mol. The minimum absolute atomic E-state index is 0.696. The van der Waals surface area contributed by atoms with Crippen molar-refractivity contribution >= 4 is 0 Å². The van der Waals surface area contributed by atoms with E-state index in [2.05, 4.69) is 0 Å². The Balaban J connectivity index is 3.69. The highest BCUT2D eigenvalue weighted by molar-refractivity contribution is 4.73. The average Bonchev–Trinajstić information content (AvgIpc) is 2.00. The van der Waals surface area contributed by atoms with E-state index in [1.807, 2.05) is 0 Å². The predicted octanol–water partition coefficient (Wildman–Crippen LogP) is -1.97. The molecule has 0 rings (SSSR count). The SMILES string of the molecule is OC[C@@H](O)[C@@H](O)[C@H](O)CF. The van der Waals surface area contributed by atoms with Crippen LogP contribution < -0.4 is 0 Å². The van der Waals surface area contributed by atoms with Gasteiger partial charge in [-0.25, -0.2) is 4.39 Å². The van der Waals surface area contributed by atoms with Crippen molar-refractivity contribution in [3.8, 4) is 0 Å². The van der Waals surface area contributed by atoms with Crippen LogP contribution in [0.3, 0.4) is 0 Å². The first-order valence-electron chi connectivity index (χ1n) is 2.84. The highest BCUT2D eigenvalue weighted by Crippen LogP contribution is 1.99. The quantitative estimate of drug-likeness (QED) is 0.378. The van der Waals surface area contributed by atoms with Crippen LogP contribution in [0.15, 0.2) is 0 Å². The molecule has 0 heterocycles. The van der Waals surface area contributed by atoms with E-state index in [-0.39, 0.29) is 0 Å². The number of alkyl halides is 1. The van der Waals surface area contributed by atoms with Crippen molar-refractivity contribution in [2.75, 3.05) is 13.3 Å². The highest BCUT2D eigenvalue weighted by Gasteiger charge is 2.23. The van der Waals surface area contributed by atoms with Gasteiger partial charge in [-0.1, -0.05) is 0 Å². The van der Waals surface area contributed by atoms with Crippen LogP contribution in [0, 0.1) is 0 Å². The standard InChI is InChI=1S/C5H11FO4/c6-1-3(8)5(10)4(9)2-7/h3-5,7-10H,1-2H2/t3-,4-,5+/m1/s1. The summed E-state index contributed by atoms with van der Waals surface area (Å²) in [6.07, 6.45) is -4.72. The van der Waals surface area contributed by atoms with Gasteiger partial charge in [0.1, 0.15) is 25.0 Å².